The molecule has 0 bridgehead atoms. The van der Waals surface area contributed by atoms with Crippen LogP contribution in [0, 0.1) is 13.8 Å². The second kappa shape index (κ2) is 8.97. The first-order chi connectivity index (χ1) is 11.5. The molecule has 0 aliphatic carbocycles. The number of ether oxygens (including phenoxy) is 2. The first kappa shape index (κ1) is 21.1. The van der Waals surface area contributed by atoms with Crippen LogP contribution in [-0.4, -0.2) is 36.7 Å². The van der Waals surface area contributed by atoms with Gasteiger partial charge in [-0.15, -0.1) is 0 Å². The molecule has 6 nitrogen and oxygen atoms in total. The average Bonchev–Trinajstić information content (AvgIpc) is 2.49. The third-order valence-corrected chi connectivity index (χ3v) is 3.81. The van der Waals surface area contributed by atoms with Crippen molar-refractivity contribution >= 4 is 11.9 Å². The van der Waals surface area contributed by atoms with Crippen LogP contribution in [0.2, 0.25) is 0 Å². The lowest BCUT2D eigenvalue weighted by Gasteiger charge is -2.23. The molecule has 0 saturated heterocycles. The van der Waals surface area contributed by atoms with Crippen LogP contribution in [0.15, 0.2) is 18.2 Å². The highest BCUT2D eigenvalue weighted by molar-refractivity contribution is 5.79. The van der Waals surface area contributed by atoms with Crippen LogP contribution in [0.5, 0.6) is 5.75 Å². The molecule has 1 aromatic rings. The van der Waals surface area contributed by atoms with E-state index in [2.05, 4.69) is 5.32 Å². The van der Waals surface area contributed by atoms with Gasteiger partial charge in [-0.2, -0.15) is 0 Å². The number of rotatable bonds is 7. The summed E-state index contributed by atoms with van der Waals surface area (Å²) in [5, 5.41) is 2.91. The van der Waals surface area contributed by atoms with E-state index >= 15 is 0 Å². The molecule has 2 atom stereocenters. The SMILES string of the molecule is CN[C@@H](CCC(N)C(=O)OC(C)(C)C)C(=O)Oc1ccc(C)c(C)c1. The topological polar surface area (TPSA) is 90.6 Å². The van der Waals surface area contributed by atoms with Crippen molar-refractivity contribution in [2.24, 2.45) is 5.73 Å². The molecule has 0 fully saturated rings. The van der Waals surface area contributed by atoms with Crippen LogP contribution in [0.25, 0.3) is 0 Å². The number of hydrogen-bond donors (Lipinski definition) is 2. The van der Waals surface area contributed by atoms with Gasteiger partial charge in [0.05, 0.1) is 0 Å². The maximum absolute atomic E-state index is 12.3. The Morgan fingerprint density at radius 1 is 1.12 bits per heavy atom. The molecule has 0 aliphatic heterocycles. The third kappa shape index (κ3) is 7.23. The molecule has 1 unspecified atom stereocenters. The number of aryl methyl sites for hydroxylation is 2. The Kier molecular flexibility index (Phi) is 7.58. The fraction of sp³-hybridized carbons (Fsp3) is 0.579. The Hall–Kier alpha value is -1.92. The summed E-state index contributed by atoms with van der Waals surface area (Å²) in [6.07, 6.45) is 0.697. The van der Waals surface area contributed by atoms with Gasteiger partial charge >= 0.3 is 11.9 Å². The van der Waals surface area contributed by atoms with Gasteiger partial charge in [-0.05, 0) is 77.8 Å². The van der Waals surface area contributed by atoms with Crippen LogP contribution in [0.3, 0.4) is 0 Å². The third-order valence-electron chi connectivity index (χ3n) is 3.81. The zero-order chi connectivity index (χ0) is 19.2. The number of nitrogens with one attached hydrogen (secondary N) is 1. The largest absolute Gasteiger partial charge is 0.459 e. The van der Waals surface area contributed by atoms with Gasteiger partial charge in [-0.1, -0.05) is 6.07 Å². The highest BCUT2D eigenvalue weighted by Gasteiger charge is 2.25. The van der Waals surface area contributed by atoms with Crippen LogP contribution in [0.4, 0.5) is 0 Å². The maximum Gasteiger partial charge on any atom is 0.328 e. The van der Waals surface area contributed by atoms with Crippen molar-refractivity contribution in [1.82, 2.24) is 5.32 Å². The second-order valence-electron chi connectivity index (χ2n) is 7.23. The number of nitrogens with two attached hydrogens (primary N) is 1. The van der Waals surface area contributed by atoms with Crippen LogP contribution < -0.4 is 15.8 Å². The zero-order valence-electron chi connectivity index (χ0n) is 16.0. The molecule has 1 rings (SSSR count). The van der Waals surface area contributed by atoms with E-state index in [0.717, 1.165) is 11.1 Å². The molecule has 140 valence electrons. The average molecular weight is 350 g/mol. The predicted octanol–water partition coefficient (Wildman–Crippen LogP) is 2.25. The van der Waals surface area contributed by atoms with Crippen molar-refractivity contribution in [3.63, 3.8) is 0 Å². The van der Waals surface area contributed by atoms with Crippen molar-refractivity contribution in [2.45, 2.75) is 65.1 Å². The summed E-state index contributed by atoms with van der Waals surface area (Å²) in [5.74, 6) is -0.364. The lowest BCUT2D eigenvalue weighted by atomic mass is 10.1. The monoisotopic (exact) mass is 350 g/mol. The fourth-order valence-corrected chi connectivity index (χ4v) is 2.19. The summed E-state index contributed by atoms with van der Waals surface area (Å²) in [6.45, 7) is 9.32. The predicted molar refractivity (Wildman–Crippen MR) is 97.5 cm³/mol. The van der Waals surface area contributed by atoms with E-state index in [1.165, 1.54) is 0 Å². The molecule has 0 aromatic heterocycles. The normalized spacial score (nSPS) is 13.9. The molecule has 0 spiro atoms. The van der Waals surface area contributed by atoms with Gasteiger partial charge in [0.1, 0.15) is 23.4 Å². The molecule has 0 amide bonds. The molecule has 6 heteroatoms. The maximum atomic E-state index is 12.3. The second-order valence-corrected chi connectivity index (χ2v) is 7.23. The first-order valence-corrected chi connectivity index (χ1v) is 8.48. The van der Waals surface area contributed by atoms with Gasteiger partial charge < -0.3 is 20.5 Å². The number of carbonyl (C=O) groups excluding carboxylic acids is 2. The number of likely N-dealkylation sites (N-methyl/N-ethyl adjacent to an activating group) is 1. The van der Waals surface area contributed by atoms with E-state index in [4.69, 9.17) is 15.2 Å². The van der Waals surface area contributed by atoms with Crippen molar-refractivity contribution in [3.05, 3.63) is 29.3 Å². The van der Waals surface area contributed by atoms with Crippen molar-refractivity contribution in [1.29, 1.82) is 0 Å². The summed E-state index contributed by atoms with van der Waals surface area (Å²) in [6, 6.07) is 4.18. The Labute approximate surface area is 150 Å². The van der Waals surface area contributed by atoms with E-state index in [1.807, 2.05) is 26.0 Å². The van der Waals surface area contributed by atoms with E-state index in [0.29, 0.717) is 18.6 Å². The van der Waals surface area contributed by atoms with Gasteiger partial charge in [0, 0.05) is 0 Å². The molecule has 3 N–H and O–H groups in total. The molecule has 0 aliphatic rings. The summed E-state index contributed by atoms with van der Waals surface area (Å²) in [4.78, 5) is 24.2. The molecule has 25 heavy (non-hydrogen) atoms. The Balaban J connectivity index is 2.58. The van der Waals surface area contributed by atoms with E-state index in [1.54, 1.807) is 33.9 Å². The summed E-state index contributed by atoms with van der Waals surface area (Å²) >= 11 is 0. The highest BCUT2D eigenvalue weighted by Crippen LogP contribution is 2.17. The Bertz CT molecular complexity index is 608. The van der Waals surface area contributed by atoms with Gasteiger partial charge in [0.2, 0.25) is 0 Å². The molecule has 0 radical (unpaired) electrons. The number of hydrogen-bond acceptors (Lipinski definition) is 6. The Morgan fingerprint density at radius 2 is 1.76 bits per heavy atom. The fourth-order valence-electron chi connectivity index (χ4n) is 2.19. The molecular formula is C19H30N2O4. The minimum atomic E-state index is -0.774. The van der Waals surface area contributed by atoms with Crippen molar-refractivity contribution in [3.8, 4) is 5.75 Å². The summed E-state index contributed by atoms with van der Waals surface area (Å²) in [7, 11) is 1.67. The molecule has 0 saturated carbocycles. The van der Waals surface area contributed by atoms with E-state index < -0.39 is 29.6 Å². The summed E-state index contributed by atoms with van der Waals surface area (Å²) in [5.41, 5.74) is 7.46. The number of carbonyl (C=O) groups is 2. The van der Waals surface area contributed by atoms with Gasteiger partial charge in [-0.3, -0.25) is 4.79 Å². The van der Waals surface area contributed by atoms with Gasteiger partial charge in [-0.25, -0.2) is 4.79 Å². The quantitative estimate of drug-likeness (QED) is 0.579. The molecular weight excluding hydrogens is 320 g/mol. The van der Waals surface area contributed by atoms with Crippen LogP contribution in [0.1, 0.15) is 44.7 Å². The summed E-state index contributed by atoms with van der Waals surface area (Å²) < 4.78 is 10.7. The van der Waals surface area contributed by atoms with Crippen molar-refractivity contribution < 1.29 is 19.1 Å². The smallest absolute Gasteiger partial charge is 0.328 e. The van der Waals surface area contributed by atoms with Gasteiger partial charge in [0.15, 0.2) is 0 Å². The minimum absolute atomic E-state index is 0.322. The molecule has 1 aromatic carbocycles. The van der Waals surface area contributed by atoms with Crippen LogP contribution in [-0.2, 0) is 14.3 Å². The standard InChI is InChI=1S/C19H30N2O4/c1-12-7-8-14(11-13(12)2)24-18(23)16(21-6)10-9-15(20)17(22)25-19(3,4)5/h7-8,11,15-16,21H,9-10,20H2,1-6H3/t15?,16-/m0/s1. The number of esters is 2. The van der Waals surface area contributed by atoms with E-state index in [9.17, 15) is 9.59 Å². The lowest BCUT2D eigenvalue weighted by molar-refractivity contribution is -0.156. The van der Waals surface area contributed by atoms with Gasteiger partial charge in [0.25, 0.3) is 0 Å². The minimum Gasteiger partial charge on any atom is -0.459 e. The Morgan fingerprint density at radius 3 is 2.28 bits per heavy atom. The lowest BCUT2D eigenvalue weighted by Crippen LogP contribution is -2.41. The highest BCUT2D eigenvalue weighted by atomic mass is 16.6. The first-order valence-electron chi connectivity index (χ1n) is 8.48. The number of benzene rings is 1. The molecule has 0 heterocycles. The van der Waals surface area contributed by atoms with Crippen molar-refractivity contribution in [2.75, 3.05) is 7.05 Å². The zero-order valence-corrected chi connectivity index (χ0v) is 16.0. The van der Waals surface area contributed by atoms with E-state index in [-0.39, 0.29) is 0 Å². The van der Waals surface area contributed by atoms with Crippen LogP contribution >= 0.6 is 0 Å².